The van der Waals surface area contributed by atoms with E-state index >= 15 is 0 Å². The minimum absolute atomic E-state index is 0.0393. The molecule has 0 aromatic carbocycles. The van der Waals surface area contributed by atoms with Crippen molar-refractivity contribution >= 4 is 27.3 Å². The molecule has 1 atom stereocenters. The van der Waals surface area contributed by atoms with E-state index < -0.39 is 16.0 Å². The van der Waals surface area contributed by atoms with Crippen LogP contribution in [0.2, 0.25) is 0 Å². The molecular weight excluding hydrogens is 310 g/mol. The Morgan fingerprint density at radius 1 is 1.29 bits per heavy atom. The number of thiophene rings is 1. The zero-order valence-electron chi connectivity index (χ0n) is 12.0. The molecule has 1 aromatic heterocycles. The number of aromatic carboxylic acids is 1. The Morgan fingerprint density at radius 3 is 2.43 bits per heavy atom. The van der Waals surface area contributed by atoms with E-state index in [1.165, 1.54) is 25.0 Å². The van der Waals surface area contributed by atoms with Crippen LogP contribution in [0.5, 0.6) is 0 Å². The quantitative estimate of drug-likeness (QED) is 0.812. The molecule has 0 aliphatic heterocycles. The molecule has 0 unspecified atom stereocenters. The maximum Gasteiger partial charge on any atom is 0.345 e. The monoisotopic (exact) mass is 331 g/mol. The van der Waals surface area contributed by atoms with Gasteiger partial charge in [0, 0.05) is 6.04 Å². The van der Waals surface area contributed by atoms with E-state index in [9.17, 15) is 13.2 Å². The summed E-state index contributed by atoms with van der Waals surface area (Å²) in [6, 6.07) is 2.57. The maximum atomic E-state index is 12.3. The molecule has 0 radical (unpaired) electrons. The summed E-state index contributed by atoms with van der Waals surface area (Å²) >= 11 is 0.791. The number of sulfonamides is 1. The number of carboxylic acid groups (broad SMARTS) is 1. The normalized spacial score (nSPS) is 19.1. The molecule has 1 aliphatic rings. The second kappa shape index (κ2) is 6.89. The highest BCUT2D eigenvalue weighted by molar-refractivity contribution is 7.91. The van der Waals surface area contributed by atoms with Crippen molar-refractivity contribution in [2.24, 2.45) is 5.92 Å². The Kier molecular flexibility index (Phi) is 5.40. The summed E-state index contributed by atoms with van der Waals surface area (Å²) < 4.78 is 27.4. The van der Waals surface area contributed by atoms with Gasteiger partial charge in [-0.05, 0) is 37.8 Å². The first-order chi connectivity index (χ1) is 9.90. The van der Waals surface area contributed by atoms with E-state index in [1.54, 1.807) is 0 Å². The molecule has 21 heavy (non-hydrogen) atoms. The molecular formula is C14H21NO4S2. The fourth-order valence-electron chi connectivity index (χ4n) is 2.79. The lowest BCUT2D eigenvalue weighted by Gasteiger charge is -2.23. The number of nitrogens with one attached hydrogen (secondary N) is 1. The Balaban J connectivity index is 2.06. The third-order valence-corrected chi connectivity index (χ3v) is 7.13. The number of hydrogen-bond donors (Lipinski definition) is 2. The minimum atomic E-state index is -3.63. The van der Waals surface area contributed by atoms with E-state index in [4.69, 9.17) is 5.11 Å². The van der Waals surface area contributed by atoms with Crippen molar-refractivity contribution in [3.63, 3.8) is 0 Å². The molecule has 1 fully saturated rings. The molecule has 5 nitrogen and oxygen atoms in total. The van der Waals surface area contributed by atoms with Gasteiger partial charge in [-0.1, -0.05) is 25.7 Å². The van der Waals surface area contributed by atoms with Gasteiger partial charge in [-0.25, -0.2) is 17.9 Å². The molecule has 0 amide bonds. The lowest BCUT2D eigenvalue weighted by molar-refractivity contribution is 0.0702. The summed E-state index contributed by atoms with van der Waals surface area (Å²) in [5.41, 5.74) is 0. The average molecular weight is 331 g/mol. The zero-order chi connectivity index (χ0) is 15.5. The highest BCUT2D eigenvalue weighted by Crippen LogP contribution is 2.27. The van der Waals surface area contributed by atoms with Crippen molar-refractivity contribution in [2.75, 3.05) is 0 Å². The maximum absolute atomic E-state index is 12.3. The molecule has 0 spiro atoms. The van der Waals surface area contributed by atoms with Gasteiger partial charge in [0.1, 0.15) is 9.09 Å². The molecule has 1 aromatic rings. The van der Waals surface area contributed by atoms with Crippen LogP contribution in [-0.4, -0.2) is 25.5 Å². The van der Waals surface area contributed by atoms with Gasteiger partial charge in [0.05, 0.1) is 0 Å². The summed E-state index contributed by atoms with van der Waals surface area (Å²) in [5.74, 6) is -0.737. The molecule has 1 aliphatic carbocycles. The van der Waals surface area contributed by atoms with Crippen LogP contribution >= 0.6 is 11.3 Å². The van der Waals surface area contributed by atoms with Crippen molar-refractivity contribution < 1.29 is 18.3 Å². The van der Waals surface area contributed by atoms with Crippen LogP contribution in [0.15, 0.2) is 16.3 Å². The van der Waals surface area contributed by atoms with Crippen molar-refractivity contribution in [1.29, 1.82) is 0 Å². The number of hydrogen-bond acceptors (Lipinski definition) is 4. The van der Waals surface area contributed by atoms with Gasteiger partial charge < -0.3 is 5.11 Å². The van der Waals surface area contributed by atoms with Gasteiger partial charge >= 0.3 is 5.97 Å². The lowest BCUT2D eigenvalue weighted by Crippen LogP contribution is -2.37. The average Bonchev–Trinajstić information content (AvgIpc) is 2.76. The highest BCUT2D eigenvalue weighted by Gasteiger charge is 2.26. The van der Waals surface area contributed by atoms with Crippen molar-refractivity contribution in [3.05, 3.63) is 17.0 Å². The first-order valence-corrected chi connectivity index (χ1v) is 9.55. The number of carbonyl (C=O) groups is 1. The van der Waals surface area contributed by atoms with Gasteiger partial charge in [0.15, 0.2) is 0 Å². The summed E-state index contributed by atoms with van der Waals surface area (Å²) in [6.45, 7) is 1.90. The van der Waals surface area contributed by atoms with Crippen LogP contribution < -0.4 is 4.72 Å². The summed E-state index contributed by atoms with van der Waals surface area (Å²) in [5, 5.41) is 8.88. The standard InChI is InChI=1S/C14H21NO4S2/c1-10(11-6-4-2-3-5-7-11)15-21(18,19)13-9-8-12(20-13)14(16)17/h8-11,15H,2-7H2,1H3,(H,16,17)/t10-/m0/s1. The third kappa shape index (κ3) is 4.28. The van der Waals surface area contributed by atoms with Crippen molar-refractivity contribution in [2.45, 2.75) is 55.7 Å². The first kappa shape index (κ1) is 16.5. The van der Waals surface area contributed by atoms with Gasteiger partial charge in [-0.3, -0.25) is 0 Å². The first-order valence-electron chi connectivity index (χ1n) is 7.25. The Bertz CT molecular complexity index is 586. The summed E-state index contributed by atoms with van der Waals surface area (Å²) in [7, 11) is -3.63. The lowest BCUT2D eigenvalue weighted by atomic mass is 9.94. The molecule has 1 saturated carbocycles. The van der Waals surface area contributed by atoms with Gasteiger partial charge in [0.2, 0.25) is 10.0 Å². The smallest absolute Gasteiger partial charge is 0.345 e. The van der Waals surface area contributed by atoms with Crippen LogP contribution in [0.4, 0.5) is 0 Å². The molecule has 0 saturated heterocycles. The Morgan fingerprint density at radius 2 is 1.90 bits per heavy atom. The topological polar surface area (TPSA) is 83.5 Å². The predicted molar refractivity (Wildman–Crippen MR) is 82.3 cm³/mol. The highest BCUT2D eigenvalue weighted by atomic mass is 32.2. The fraction of sp³-hybridized carbons (Fsp3) is 0.643. The minimum Gasteiger partial charge on any atom is -0.477 e. The Hall–Kier alpha value is -0.920. The molecule has 1 heterocycles. The summed E-state index contributed by atoms with van der Waals surface area (Å²) in [6.07, 6.45) is 6.85. The molecule has 0 bridgehead atoms. The second-order valence-corrected chi connectivity index (χ2v) is 8.61. The van der Waals surface area contributed by atoms with Crippen LogP contribution in [0.3, 0.4) is 0 Å². The van der Waals surface area contributed by atoms with Gasteiger partial charge in [-0.15, -0.1) is 11.3 Å². The van der Waals surface area contributed by atoms with Crippen LogP contribution in [0, 0.1) is 5.92 Å². The summed E-state index contributed by atoms with van der Waals surface area (Å²) in [4.78, 5) is 10.9. The molecule has 118 valence electrons. The van der Waals surface area contributed by atoms with Crippen molar-refractivity contribution in [1.82, 2.24) is 4.72 Å². The van der Waals surface area contributed by atoms with Crippen LogP contribution in [0.25, 0.3) is 0 Å². The molecule has 2 rings (SSSR count). The second-order valence-electron chi connectivity index (χ2n) is 5.59. The Labute approximate surface area is 129 Å². The van der Waals surface area contributed by atoms with Gasteiger partial charge in [0.25, 0.3) is 0 Å². The van der Waals surface area contributed by atoms with Gasteiger partial charge in [-0.2, -0.15) is 0 Å². The largest absolute Gasteiger partial charge is 0.477 e. The van der Waals surface area contributed by atoms with E-state index in [0.29, 0.717) is 5.92 Å². The van der Waals surface area contributed by atoms with E-state index in [2.05, 4.69) is 4.72 Å². The van der Waals surface area contributed by atoms with E-state index in [0.717, 1.165) is 37.0 Å². The SMILES string of the molecule is C[C@H](NS(=O)(=O)c1ccc(C(=O)O)s1)C1CCCCCC1. The number of carboxylic acids is 1. The van der Waals surface area contributed by atoms with Crippen LogP contribution in [0.1, 0.15) is 55.1 Å². The zero-order valence-corrected chi connectivity index (χ0v) is 13.7. The van der Waals surface area contributed by atoms with E-state index in [-0.39, 0.29) is 15.1 Å². The molecule has 7 heteroatoms. The number of rotatable bonds is 5. The fourth-order valence-corrected chi connectivity index (χ4v) is 5.26. The predicted octanol–water partition coefficient (Wildman–Crippen LogP) is 3.08. The van der Waals surface area contributed by atoms with E-state index in [1.807, 2.05) is 6.92 Å². The third-order valence-electron chi connectivity index (χ3n) is 4.00. The van der Waals surface area contributed by atoms with Crippen molar-refractivity contribution in [3.8, 4) is 0 Å². The molecule has 2 N–H and O–H groups in total. The van der Waals surface area contributed by atoms with Crippen LogP contribution in [-0.2, 0) is 10.0 Å².